The maximum Gasteiger partial charge on any atom is 0.116 e. The highest BCUT2D eigenvalue weighted by atomic mass is 14.8. The molecule has 0 unspecified atom stereocenters. The van der Waals surface area contributed by atoms with E-state index in [0.29, 0.717) is 6.54 Å². The van der Waals surface area contributed by atoms with E-state index in [9.17, 15) is 0 Å². The summed E-state index contributed by atoms with van der Waals surface area (Å²) in [5.41, 5.74) is 11.0. The van der Waals surface area contributed by atoms with Crippen molar-refractivity contribution >= 4 is 0 Å². The SMILES string of the molecule is Cc1ccc(-c2cc(CN)ncn2)c(C)c1. The van der Waals surface area contributed by atoms with Gasteiger partial charge < -0.3 is 5.73 Å². The van der Waals surface area contributed by atoms with E-state index in [1.54, 1.807) is 6.33 Å². The van der Waals surface area contributed by atoms with Gasteiger partial charge in [0, 0.05) is 12.1 Å². The normalized spacial score (nSPS) is 10.4. The molecule has 0 saturated heterocycles. The lowest BCUT2D eigenvalue weighted by molar-refractivity contribution is 0.966. The average molecular weight is 213 g/mol. The minimum Gasteiger partial charge on any atom is -0.325 e. The molecule has 0 spiro atoms. The molecule has 0 aliphatic heterocycles. The standard InChI is InChI=1S/C13H15N3/c1-9-3-4-12(10(2)5-9)13-6-11(7-14)15-8-16-13/h3-6,8H,7,14H2,1-2H3. The van der Waals surface area contributed by atoms with Crippen molar-refractivity contribution in [3.8, 4) is 11.3 Å². The quantitative estimate of drug-likeness (QED) is 0.832. The Morgan fingerprint density at radius 2 is 1.94 bits per heavy atom. The van der Waals surface area contributed by atoms with E-state index < -0.39 is 0 Å². The number of rotatable bonds is 2. The molecule has 3 heteroatoms. The highest BCUT2D eigenvalue weighted by Crippen LogP contribution is 2.22. The molecule has 0 fully saturated rings. The fourth-order valence-electron chi connectivity index (χ4n) is 1.76. The van der Waals surface area contributed by atoms with Gasteiger partial charge in [-0.3, -0.25) is 0 Å². The van der Waals surface area contributed by atoms with Gasteiger partial charge in [-0.1, -0.05) is 23.8 Å². The van der Waals surface area contributed by atoms with Gasteiger partial charge in [0.05, 0.1) is 11.4 Å². The summed E-state index contributed by atoms with van der Waals surface area (Å²) in [5.74, 6) is 0. The molecule has 0 saturated carbocycles. The Balaban J connectivity index is 2.49. The average Bonchev–Trinajstić information content (AvgIpc) is 2.29. The molecule has 1 heterocycles. The summed E-state index contributed by atoms with van der Waals surface area (Å²) >= 11 is 0. The monoisotopic (exact) mass is 213 g/mol. The molecule has 0 radical (unpaired) electrons. The first-order chi connectivity index (χ1) is 7.70. The maximum atomic E-state index is 5.57. The van der Waals surface area contributed by atoms with E-state index in [2.05, 4.69) is 42.0 Å². The van der Waals surface area contributed by atoms with Crippen LogP contribution in [0.25, 0.3) is 11.3 Å². The van der Waals surface area contributed by atoms with Crippen LogP contribution in [0.1, 0.15) is 16.8 Å². The van der Waals surface area contributed by atoms with Crippen molar-refractivity contribution in [3.05, 3.63) is 47.4 Å². The van der Waals surface area contributed by atoms with Crippen LogP contribution in [0.2, 0.25) is 0 Å². The van der Waals surface area contributed by atoms with E-state index in [1.165, 1.54) is 11.1 Å². The Bertz CT molecular complexity index is 506. The number of hydrogen-bond acceptors (Lipinski definition) is 3. The van der Waals surface area contributed by atoms with E-state index in [4.69, 9.17) is 5.73 Å². The summed E-state index contributed by atoms with van der Waals surface area (Å²) in [6.07, 6.45) is 1.57. The molecule has 3 nitrogen and oxygen atoms in total. The molecule has 2 N–H and O–H groups in total. The zero-order valence-corrected chi connectivity index (χ0v) is 9.57. The lowest BCUT2D eigenvalue weighted by Gasteiger charge is -2.06. The predicted octanol–water partition coefficient (Wildman–Crippen LogP) is 2.22. The number of benzene rings is 1. The van der Waals surface area contributed by atoms with Crippen LogP contribution in [0, 0.1) is 13.8 Å². The van der Waals surface area contributed by atoms with Crippen LogP contribution in [-0.2, 0) is 6.54 Å². The van der Waals surface area contributed by atoms with Crippen LogP contribution in [-0.4, -0.2) is 9.97 Å². The fourth-order valence-corrected chi connectivity index (χ4v) is 1.76. The Labute approximate surface area is 95.4 Å². The maximum absolute atomic E-state index is 5.57. The second-order valence-electron chi connectivity index (χ2n) is 3.92. The van der Waals surface area contributed by atoms with Gasteiger partial charge in [-0.15, -0.1) is 0 Å². The third-order valence-corrected chi connectivity index (χ3v) is 2.59. The highest BCUT2D eigenvalue weighted by molar-refractivity contribution is 5.63. The Hall–Kier alpha value is -1.74. The van der Waals surface area contributed by atoms with Gasteiger partial charge in [0.1, 0.15) is 6.33 Å². The molecule has 0 aliphatic carbocycles. The van der Waals surface area contributed by atoms with Crippen LogP contribution in [0.15, 0.2) is 30.6 Å². The molecule has 0 atom stereocenters. The van der Waals surface area contributed by atoms with Crippen molar-refractivity contribution in [1.29, 1.82) is 0 Å². The first kappa shape index (κ1) is 10.8. The van der Waals surface area contributed by atoms with Crippen LogP contribution < -0.4 is 5.73 Å². The molecule has 1 aromatic heterocycles. The van der Waals surface area contributed by atoms with E-state index in [-0.39, 0.29) is 0 Å². The van der Waals surface area contributed by atoms with Gasteiger partial charge in [-0.25, -0.2) is 9.97 Å². The third-order valence-electron chi connectivity index (χ3n) is 2.59. The second kappa shape index (κ2) is 4.41. The molecular weight excluding hydrogens is 198 g/mol. The Morgan fingerprint density at radius 3 is 2.62 bits per heavy atom. The van der Waals surface area contributed by atoms with Crippen molar-refractivity contribution in [1.82, 2.24) is 9.97 Å². The van der Waals surface area contributed by atoms with Crippen LogP contribution in [0.3, 0.4) is 0 Å². The van der Waals surface area contributed by atoms with Crippen LogP contribution >= 0.6 is 0 Å². The van der Waals surface area contributed by atoms with Gasteiger partial charge in [-0.05, 0) is 25.5 Å². The van der Waals surface area contributed by atoms with Gasteiger partial charge in [0.2, 0.25) is 0 Å². The number of nitrogens with two attached hydrogens (primary N) is 1. The van der Waals surface area contributed by atoms with Gasteiger partial charge in [0.15, 0.2) is 0 Å². The van der Waals surface area contributed by atoms with Gasteiger partial charge >= 0.3 is 0 Å². The van der Waals surface area contributed by atoms with E-state index in [1.807, 2.05) is 6.07 Å². The third kappa shape index (κ3) is 2.09. The zero-order valence-electron chi connectivity index (χ0n) is 9.57. The lowest BCUT2D eigenvalue weighted by Crippen LogP contribution is -2.00. The Kier molecular flexibility index (Phi) is 2.97. The first-order valence-corrected chi connectivity index (χ1v) is 5.29. The van der Waals surface area contributed by atoms with E-state index in [0.717, 1.165) is 17.0 Å². The highest BCUT2D eigenvalue weighted by Gasteiger charge is 2.04. The second-order valence-corrected chi connectivity index (χ2v) is 3.92. The minimum absolute atomic E-state index is 0.445. The molecule has 2 rings (SSSR count). The molecule has 0 bridgehead atoms. The fraction of sp³-hybridized carbons (Fsp3) is 0.231. The van der Waals surface area contributed by atoms with Crippen LogP contribution in [0.5, 0.6) is 0 Å². The summed E-state index contributed by atoms with van der Waals surface area (Å²) in [4.78, 5) is 8.38. The molecule has 16 heavy (non-hydrogen) atoms. The zero-order chi connectivity index (χ0) is 11.5. The van der Waals surface area contributed by atoms with Crippen molar-refractivity contribution in [2.45, 2.75) is 20.4 Å². The molecule has 0 aliphatic rings. The van der Waals surface area contributed by atoms with Crippen LogP contribution in [0.4, 0.5) is 0 Å². The number of nitrogens with zero attached hydrogens (tertiary/aromatic N) is 2. The Morgan fingerprint density at radius 1 is 1.12 bits per heavy atom. The van der Waals surface area contributed by atoms with Crippen molar-refractivity contribution < 1.29 is 0 Å². The summed E-state index contributed by atoms with van der Waals surface area (Å²) in [7, 11) is 0. The number of aryl methyl sites for hydroxylation is 2. The molecule has 0 amide bonds. The minimum atomic E-state index is 0.445. The summed E-state index contributed by atoms with van der Waals surface area (Å²) in [5, 5.41) is 0. The van der Waals surface area contributed by atoms with Gasteiger partial charge in [0.25, 0.3) is 0 Å². The first-order valence-electron chi connectivity index (χ1n) is 5.29. The predicted molar refractivity (Wildman–Crippen MR) is 64.8 cm³/mol. The topological polar surface area (TPSA) is 51.8 Å². The molecule has 82 valence electrons. The smallest absolute Gasteiger partial charge is 0.116 e. The van der Waals surface area contributed by atoms with Crippen molar-refractivity contribution in [2.24, 2.45) is 5.73 Å². The van der Waals surface area contributed by atoms with Crippen molar-refractivity contribution in [3.63, 3.8) is 0 Å². The largest absolute Gasteiger partial charge is 0.325 e. The number of hydrogen-bond donors (Lipinski definition) is 1. The molecular formula is C13H15N3. The molecule has 1 aromatic carbocycles. The van der Waals surface area contributed by atoms with Gasteiger partial charge in [-0.2, -0.15) is 0 Å². The summed E-state index contributed by atoms with van der Waals surface area (Å²) < 4.78 is 0. The molecule has 2 aromatic rings. The summed E-state index contributed by atoms with van der Waals surface area (Å²) in [6, 6.07) is 8.27. The summed E-state index contributed by atoms with van der Waals surface area (Å²) in [6.45, 7) is 4.62. The lowest BCUT2D eigenvalue weighted by atomic mass is 10.0. The van der Waals surface area contributed by atoms with E-state index >= 15 is 0 Å². The number of aromatic nitrogens is 2. The van der Waals surface area contributed by atoms with Crippen molar-refractivity contribution in [2.75, 3.05) is 0 Å².